The van der Waals surface area contributed by atoms with E-state index >= 15 is 0 Å². The van der Waals surface area contributed by atoms with Crippen molar-refractivity contribution in [2.24, 2.45) is 0 Å². The van der Waals surface area contributed by atoms with E-state index in [0.29, 0.717) is 6.61 Å². The van der Waals surface area contributed by atoms with Gasteiger partial charge < -0.3 is 4.74 Å². The summed E-state index contributed by atoms with van der Waals surface area (Å²) in [5, 5.41) is 1.35. The van der Waals surface area contributed by atoms with Gasteiger partial charge in [0.15, 0.2) is 0 Å². The first kappa shape index (κ1) is 9.26. The molecule has 12 heavy (non-hydrogen) atoms. The molecule has 0 saturated heterocycles. The Balaban J connectivity index is 2.71. The molecule has 1 radical (unpaired) electrons. The van der Waals surface area contributed by atoms with Gasteiger partial charge in [0, 0.05) is 12.3 Å². The van der Waals surface area contributed by atoms with E-state index in [4.69, 9.17) is 4.74 Å². The van der Waals surface area contributed by atoms with Crippen molar-refractivity contribution >= 4 is 14.0 Å². The maximum absolute atomic E-state index is 5.24. The van der Waals surface area contributed by atoms with Gasteiger partial charge >= 0.3 is 0 Å². The lowest BCUT2D eigenvalue weighted by Gasteiger charge is -2.04. The minimum atomic E-state index is -0.361. The van der Waals surface area contributed by atoms with Crippen molar-refractivity contribution in [3.63, 3.8) is 0 Å². The Labute approximate surface area is 75.2 Å². The van der Waals surface area contributed by atoms with Crippen molar-refractivity contribution in [2.45, 2.75) is 20.0 Å². The second-order valence-electron chi connectivity index (χ2n) is 2.82. The lowest BCUT2D eigenvalue weighted by atomic mass is 10.5. The molecule has 2 nitrogen and oxygen atoms in total. The highest BCUT2D eigenvalue weighted by Gasteiger charge is 2.00. The number of hydrogen-bond acceptors (Lipinski definition) is 2. The van der Waals surface area contributed by atoms with Crippen molar-refractivity contribution in [1.29, 1.82) is 0 Å². The van der Waals surface area contributed by atoms with Crippen LogP contribution in [-0.4, -0.2) is 20.4 Å². The molecule has 0 aliphatic heterocycles. The maximum Gasteiger partial charge on any atom is 0.213 e. The molecule has 0 aliphatic rings. The summed E-state index contributed by atoms with van der Waals surface area (Å²) in [7, 11) is -0.361. The van der Waals surface area contributed by atoms with Crippen LogP contribution in [0.25, 0.3) is 0 Å². The summed E-state index contributed by atoms with van der Waals surface area (Å²) in [6.45, 7) is 7.15. The fraction of sp³-hybridized carbons (Fsp3) is 0.444. The summed E-state index contributed by atoms with van der Waals surface area (Å²) in [6, 6.07) is 4.04. The quantitative estimate of drug-likeness (QED) is 0.657. The number of nitrogens with zero attached hydrogens (tertiary/aromatic N) is 1. The standard InChI is InChI=1S/C9H14NOSi/c1-4-11-9-6-5-8(7-10-9)12(2)3/h5-7H,4H2,1-3H3. The third-order valence-electron chi connectivity index (χ3n) is 1.61. The Hall–Kier alpha value is -0.833. The molecule has 3 heteroatoms. The number of hydrogen-bond donors (Lipinski definition) is 0. The molecule has 1 rings (SSSR count). The third-order valence-corrected chi connectivity index (χ3v) is 3.06. The number of rotatable bonds is 3. The van der Waals surface area contributed by atoms with Crippen molar-refractivity contribution in [3.8, 4) is 5.88 Å². The molecule has 0 atom stereocenters. The zero-order valence-electron chi connectivity index (χ0n) is 7.79. The topological polar surface area (TPSA) is 22.1 Å². The lowest BCUT2D eigenvalue weighted by Crippen LogP contribution is -2.22. The van der Waals surface area contributed by atoms with E-state index in [1.54, 1.807) is 0 Å². The molecule has 0 N–H and O–H groups in total. The van der Waals surface area contributed by atoms with E-state index in [0.717, 1.165) is 5.88 Å². The second kappa shape index (κ2) is 4.26. The number of aromatic nitrogens is 1. The van der Waals surface area contributed by atoms with Gasteiger partial charge in [-0.05, 0) is 12.1 Å². The minimum absolute atomic E-state index is 0.361. The summed E-state index contributed by atoms with van der Waals surface area (Å²) >= 11 is 0. The highest BCUT2D eigenvalue weighted by molar-refractivity contribution is 6.70. The Kier molecular flexibility index (Phi) is 3.28. The minimum Gasteiger partial charge on any atom is -0.478 e. The monoisotopic (exact) mass is 180 g/mol. The molecule has 0 fully saturated rings. The molecule has 0 aromatic carbocycles. The van der Waals surface area contributed by atoms with Gasteiger partial charge in [0.2, 0.25) is 5.88 Å². The van der Waals surface area contributed by atoms with Crippen LogP contribution in [0.2, 0.25) is 13.1 Å². The largest absolute Gasteiger partial charge is 0.478 e. The fourth-order valence-electron chi connectivity index (χ4n) is 0.909. The van der Waals surface area contributed by atoms with Crippen LogP contribution < -0.4 is 9.92 Å². The average molecular weight is 180 g/mol. The molecule has 0 unspecified atom stereocenters. The van der Waals surface area contributed by atoms with E-state index in [-0.39, 0.29) is 8.80 Å². The van der Waals surface area contributed by atoms with E-state index < -0.39 is 0 Å². The Morgan fingerprint density at radius 3 is 2.58 bits per heavy atom. The van der Waals surface area contributed by atoms with Crippen LogP contribution in [0, 0.1) is 0 Å². The van der Waals surface area contributed by atoms with Crippen LogP contribution in [0.3, 0.4) is 0 Å². The first-order valence-electron chi connectivity index (χ1n) is 4.13. The Bertz CT molecular complexity index is 233. The molecule has 0 amide bonds. The smallest absolute Gasteiger partial charge is 0.213 e. The Morgan fingerprint density at radius 1 is 1.42 bits per heavy atom. The molecule has 0 bridgehead atoms. The fourth-order valence-corrected chi connectivity index (χ4v) is 1.65. The van der Waals surface area contributed by atoms with Gasteiger partial charge in [0.05, 0.1) is 15.4 Å². The van der Waals surface area contributed by atoms with Crippen LogP contribution in [0.4, 0.5) is 0 Å². The number of ether oxygens (including phenoxy) is 1. The second-order valence-corrected chi connectivity index (χ2v) is 5.40. The van der Waals surface area contributed by atoms with Gasteiger partial charge in [-0.3, -0.25) is 0 Å². The average Bonchev–Trinajstić information content (AvgIpc) is 2.06. The van der Waals surface area contributed by atoms with Crippen molar-refractivity contribution in [1.82, 2.24) is 4.98 Å². The summed E-state index contributed by atoms with van der Waals surface area (Å²) < 4.78 is 5.24. The summed E-state index contributed by atoms with van der Waals surface area (Å²) in [4.78, 5) is 4.19. The molecule has 0 saturated carbocycles. The highest BCUT2D eigenvalue weighted by Crippen LogP contribution is 2.02. The van der Waals surface area contributed by atoms with E-state index in [1.165, 1.54) is 5.19 Å². The van der Waals surface area contributed by atoms with E-state index in [9.17, 15) is 0 Å². The molecular weight excluding hydrogens is 166 g/mol. The van der Waals surface area contributed by atoms with Gasteiger partial charge in [-0.1, -0.05) is 19.2 Å². The highest BCUT2D eigenvalue weighted by atomic mass is 28.3. The van der Waals surface area contributed by atoms with Gasteiger partial charge in [0.1, 0.15) is 0 Å². The van der Waals surface area contributed by atoms with Crippen LogP contribution in [0.15, 0.2) is 18.3 Å². The van der Waals surface area contributed by atoms with Crippen LogP contribution in [0.5, 0.6) is 5.88 Å². The summed E-state index contributed by atoms with van der Waals surface area (Å²) in [5.41, 5.74) is 0. The molecule has 0 spiro atoms. The van der Waals surface area contributed by atoms with Crippen molar-refractivity contribution in [3.05, 3.63) is 18.3 Å². The first-order chi connectivity index (χ1) is 5.74. The first-order valence-corrected chi connectivity index (χ1v) is 6.63. The molecule has 1 aromatic rings. The van der Waals surface area contributed by atoms with Gasteiger partial charge in [0.25, 0.3) is 0 Å². The molecule has 1 aromatic heterocycles. The molecular formula is C9H14NOSi. The molecule has 1 heterocycles. The molecule has 0 aliphatic carbocycles. The van der Waals surface area contributed by atoms with Crippen molar-refractivity contribution < 1.29 is 4.74 Å². The zero-order chi connectivity index (χ0) is 8.97. The summed E-state index contributed by atoms with van der Waals surface area (Å²) in [5.74, 6) is 0.726. The van der Waals surface area contributed by atoms with Crippen LogP contribution in [0.1, 0.15) is 6.92 Å². The van der Waals surface area contributed by atoms with E-state index in [1.807, 2.05) is 19.2 Å². The van der Waals surface area contributed by atoms with Crippen LogP contribution in [-0.2, 0) is 0 Å². The SMILES string of the molecule is CCOc1ccc([Si](C)C)cn1. The zero-order valence-corrected chi connectivity index (χ0v) is 8.79. The number of pyridine rings is 1. The van der Waals surface area contributed by atoms with E-state index in [2.05, 4.69) is 24.1 Å². The predicted octanol–water partition coefficient (Wildman–Crippen LogP) is 1.44. The maximum atomic E-state index is 5.24. The van der Waals surface area contributed by atoms with Gasteiger partial charge in [-0.15, -0.1) is 0 Å². The van der Waals surface area contributed by atoms with Gasteiger partial charge in [-0.2, -0.15) is 0 Å². The van der Waals surface area contributed by atoms with Crippen molar-refractivity contribution in [2.75, 3.05) is 6.61 Å². The predicted molar refractivity (Wildman–Crippen MR) is 52.5 cm³/mol. The third kappa shape index (κ3) is 2.34. The molecule has 65 valence electrons. The lowest BCUT2D eigenvalue weighted by molar-refractivity contribution is 0.327. The van der Waals surface area contributed by atoms with Crippen LogP contribution >= 0.6 is 0 Å². The Morgan fingerprint density at radius 2 is 2.17 bits per heavy atom. The summed E-state index contributed by atoms with van der Waals surface area (Å²) in [6.07, 6.45) is 1.92. The van der Waals surface area contributed by atoms with Gasteiger partial charge in [-0.25, -0.2) is 4.98 Å². The normalized spacial score (nSPS) is 10.3.